The number of benzene rings is 3. The van der Waals surface area contributed by atoms with Gasteiger partial charge in [0.05, 0.1) is 0 Å². The summed E-state index contributed by atoms with van der Waals surface area (Å²) in [6.45, 7) is 0. The van der Waals surface area contributed by atoms with Gasteiger partial charge in [-0.3, -0.25) is 0 Å². The molecule has 3 aromatic carbocycles. The fourth-order valence-corrected chi connectivity index (χ4v) is 2.77. The van der Waals surface area contributed by atoms with Crippen LogP contribution in [-0.4, -0.2) is 15.0 Å². The number of fused-ring (bicyclic) bond motifs is 1. The Morgan fingerprint density at radius 1 is 0.769 bits per heavy atom. The summed E-state index contributed by atoms with van der Waals surface area (Å²) in [4.78, 5) is 12.5. The number of hydrogen-bond donors (Lipinski definition) is 2. The Morgan fingerprint density at radius 2 is 1.50 bits per heavy atom. The zero-order valence-corrected chi connectivity index (χ0v) is 14.2. The van der Waals surface area contributed by atoms with Crippen LogP contribution in [0, 0.1) is 5.82 Å². The van der Waals surface area contributed by atoms with E-state index in [4.69, 9.17) is 11.6 Å². The SMILES string of the molecule is Fc1cccc(Nc2nc(Cl)nc(Nc3cccc4ccccc34)n2)c1. The molecule has 0 spiro atoms. The molecule has 0 unspecified atom stereocenters. The average Bonchev–Trinajstić information content (AvgIpc) is 2.61. The van der Waals surface area contributed by atoms with Crippen molar-refractivity contribution in [3.8, 4) is 0 Å². The van der Waals surface area contributed by atoms with Crippen LogP contribution in [-0.2, 0) is 0 Å². The monoisotopic (exact) mass is 365 g/mol. The Bertz CT molecular complexity index is 1080. The number of nitrogens with zero attached hydrogens (tertiary/aromatic N) is 3. The van der Waals surface area contributed by atoms with E-state index >= 15 is 0 Å². The molecule has 5 nitrogen and oxygen atoms in total. The van der Waals surface area contributed by atoms with E-state index in [1.807, 2.05) is 42.5 Å². The summed E-state index contributed by atoms with van der Waals surface area (Å²) < 4.78 is 13.3. The van der Waals surface area contributed by atoms with E-state index in [-0.39, 0.29) is 17.0 Å². The van der Waals surface area contributed by atoms with Crippen molar-refractivity contribution in [2.45, 2.75) is 0 Å². The molecule has 1 aromatic heterocycles. The quantitative estimate of drug-likeness (QED) is 0.513. The highest BCUT2D eigenvalue weighted by Crippen LogP contribution is 2.26. The van der Waals surface area contributed by atoms with Crippen LogP contribution in [0.3, 0.4) is 0 Å². The fourth-order valence-electron chi connectivity index (χ4n) is 2.61. The first kappa shape index (κ1) is 16.2. The second-order valence-electron chi connectivity index (χ2n) is 5.54. The van der Waals surface area contributed by atoms with Crippen molar-refractivity contribution in [2.24, 2.45) is 0 Å². The first-order chi connectivity index (χ1) is 12.7. The number of hydrogen-bond acceptors (Lipinski definition) is 5. The molecule has 0 aliphatic heterocycles. The van der Waals surface area contributed by atoms with E-state index < -0.39 is 0 Å². The molecule has 4 rings (SSSR count). The van der Waals surface area contributed by atoms with Gasteiger partial charge in [-0.2, -0.15) is 15.0 Å². The van der Waals surface area contributed by atoms with Crippen LogP contribution < -0.4 is 10.6 Å². The summed E-state index contributed by atoms with van der Waals surface area (Å²) in [7, 11) is 0. The molecule has 1 heterocycles. The molecule has 26 heavy (non-hydrogen) atoms. The average molecular weight is 366 g/mol. The molecule has 0 saturated carbocycles. The smallest absolute Gasteiger partial charge is 0.233 e. The number of anilines is 4. The van der Waals surface area contributed by atoms with E-state index in [0.29, 0.717) is 11.6 Å². The molecule has 7 heteroatoms. The van der Waals surface area contributed by atoms with E-state index in [9.17, 15) is 4.39 Å². The van der Waals surface area contributed by atoms with Gasteiger partial charge in [0.15, 0.2) is 0 Å². The lowest BCUT2D eigenvalue weighted by Crippen LogP contribution is -2.04. The summed E-state index contributed by atoms with van der Waals surface area (Å²) in [5.74, 6) is 0.155. The number of nitrogens with one attached hydrogen (secondary N) is 2. The minimum Gasteiger partial charge on any atom is -0.324 e. The molecule has 2 N–H and O–H groups in total. The lowest BCUT2D eigenvalue weighted by Gasteiger charge is -2.10. The molecule has 0 bridgehead atoms. The molecular weight excluding hydrogens is 353 g/mol. The topological polar surface area (TPSA) is 62.7 Å². The highest BCUT2D eigenvalue weighted by Gasteiger charge is 2.08. The zero-order chi connectivity index (χ0) is 17.9. The molecular formula is C19H13ClFN5. The van der Waals surface area contributed by atoms with Gasteiger partial charge in [-0.05, 0) is 41.3 Å². The molecule has 0 atom stereocenters. The highest BCUT2D eigenvalue weighted by molar-refractivity contribution is 6.28. The Balaban J connectivity index is 1.66. The second kappa shape index (κ2) is 6.93. The van der Waals surface area contributed by atoms with Gasteiger partial charge < -0.3 is 10.6 Å². The van der Waals surface area contributed by atoms with Gasteiger partial charge in [0.25, 0.3) is 0 Å². The molecule has 0 fully saturated rings. The molecule has 4 aromatic rings. The Labute approximate surface area is 153 Å². The van der Waals surface area contributed by atoms with Crippen molar-refractivity contribution >= 4 is 45.6 Å². The molecule has 0 saturated heterocycles. The van der Waals surface area contributed by atoms with Gasteiger partial charge in [0.1, 0.15) is 5.82 Å². The van der Waals surface area contributed by atoms with Gasteiger partial charge in [-0.25, -0.2) is 4.39 Å². The highest BCUT2D eigenvalue weighted by atomic mass is 35.5. The Morgan fingerprint density at radius 3 is 2.35 bits per heavy atom. The molecule has 128 valence electrons. The van der Waals surface area contributed by atoms with Crippen LogP contribution in [0.5, 0.6) is 0 Å². The van der Waals surface area contributed by atoms with Gasteiger partial charge in [-0.15, -0.1) is 0 Å². The summed E-state index contributed by atoms with van der Waals surface area (Å²) >= 11 is 6.02. The van der Waals surface area contributed by atoms with Gasteiger partial charge >= 0.3 is 0 Å². The lowest BCUT2D eigenvalue weighted by molar-refractivity contribution is 0.628. The van der Waals surface area contributed by atoms with Crippen molar-refractivity contribution in [3.63, 3.8) is 0 Å². The van der Waals surface area contributed by atoms with Gasteiger partial charge in [-0.1, -0.05) is 42.5 Å². The van der Waals surface area contributed by atoms with Crippen LogP contribution in [0.15, 0.2) is 66.7 Å². The van der Waals surface area contributed by atoms with Crippen molar-refractivity contribution in [3.05, 3.63) is 77.8 Å². The third kappa shape index (κ3) is 3.55. The van der Waals surface area contributed by atoms with E-state index in [2.05, 4.69) is 25.6 Å². The summed E-state index contributed by atoms with van der Waals surface area (Å²) in [5, 5.41) is 8.24. The van der Waals surface area contributed by atoms with Crippen LogP contribution in [0.2, 0.25) is 5.28 Å². The van der Waals surface area contributed by atoms with Gasteiger partial charge in [0.2, 0.25) is 17.2 Å². The zero-order valence-electron chi connectivity index (χ0n) is 13.4. The van der Waals surface area contributed by atoms with Crippen molar-refractivity contribution in [1.82, 2.24) is 15.0 Å². The lowest BCUT2D eigenvalue weighted by atomic mass is 10.1. The maximum Gasteiger partial charge on any atom is 0.233 e. The maximum absolute atomic E-state index is 13.3. The van der Waals surface area contributed by atoms with E-state index in [1.54, 1.807) is 12.1 Å². The fraction of sp³-hybridized carbons (Fsp3) is 0. The minimum absolute atomic E-state index is 0.0293. The standard InChI is InChI=1S/C19H13ClFN5/c20-17-24-18(22-14-8-4-7-13(21)11-14)26-19(25-17)23-16-10-3-6-12-5-1-2-9-15(12)16/h1-11H,(H2,22,23,24,25,26). The van der Waals surface area contributed by atoms with Crippen molar-refractivity contribution < 1.29 is 4.39 Å². The number of aromatic nitrogens is 3. The Kier molecular flexibility index (Phi) is 4.33. The number of halogens is 2. The first-order valence-corrected chi connectivity index (χ1v) is 8.24. The largest absolute Gasteiger partial charge is 0.324 e. The first-order valence-electron chi connectivity index (χ1n) is 7.86. The van der Waals surface area contributed by atoms with Crippen molar-refractivity contribution in [1.29, 1.82) is 0 Å². The minimum atomic E-state index is -0.357. The van der Waals surface area contributed by atoms with Crippen LogP contribution >= 0.6 is 11.6 Å². The summed E-state index contributed by atoms with van der Waals surface area (Å²) in [5.41, 5.74) is 1.37. The van der Waals surface area contributed by atoms with Gasteiger partial charge in [0, 0.05) is 16.8 Å². The third-order valence-electron chi connectivity index (χ3n) is 3.72. The predicted molar refractivity (Wildman–Crippen MR) is 102 cm³/mol. The normalized spacial score (nSPS) is 10.7. The number of rotatable bonds is 4. The predicted octanol–water partition coefficient (Wildman–Crippen LogP) is 5.30. The van der Waals surface area contributed by atoms with Crippen molar-refractivity contribution in [2.75, 3.05) is 10.6 Å². The van der Waals surface area contributed by atoms with E-state index in [1.165, 1.54) is 12.1 Å². The third-order valence-corrected chi connectivity index (χ3v) is 3.89. The van der Waals surface area contributed by atoms with E-state index in [0.717, 1.165) is 16.5 Å². The van der Waals surface area contributed by atoms with Crippen LogP contribution in [0.4, 0.5) is 27.7 Å². The van der Waals surface area contributed by atoms with Crippen LogP contribution in [0.25, 0.3) is 10.8 Å². The second-order valence-corrected chi connectivity index (χ2v) is 5.88. The molecule has 0 amide bonds. The Hall–Kier alpha value is -3.25. The molecule has 0 aliphatic carbocycles. The molecule has 0 aliphatic rings. The maximum atomic E-state index is 13.3. The summed E-state index contributed by atoms with van der Waals surface area (Å²) in [6, 6.07) is 19.9. The summed E-state index contributed by atoms with van der Waals surface area (Å²) in [6.07, 6.45) is 0. The van der Waals surface area contributed by atoms with Crippen LogP contribution in [0.1, 0.15) is 0 Å². The molecule has 0 radical (unpaired) electrons.